The molecule has 0 aliphatic heterocycles. The SMILES string of the molecule is CCc1cc(NCCCn2ccnc2)nc(-c2ccc(F)c(Cl)c2)n1. The summed E-state index contributed by atoms with van der Waals surface area (Å²) in [6, 6.07) is 6.46. The first-order valence-corrected chi connectivity index (χ1v) is 8.56. The molecule has 1 N–H and O–H groups in total. The molecule has 0 radical (unpaired) electrons. The van der Waals surface area contributed by atoms with Crippen LogP contribution in [-0.2, 0) is 13.0 Å². The highest BCUT2D eigenvalue weighted by atomic mass is 35.5. The zero-order chi connectivity index (χ0) is 17.6. The van der Waals surface area contributed by atoms with Gasteiger partial charge in [0.05, 0.1) is 11.3 Å². The van der Waals surface area contributed by atoms with Crippen LogP contribution in [0.1, 0.15) is 19.0 Å². The van der Waals surface area contributed by atoms with Gasteiger partial charge in [-0.05, 0) is 31.0 Å². The zero-order valence-corrected chi connectivity index (χ0v) is 14.7. The lowest BCUT2D eigenvalue weighted by atomic mass is 10.2. The van der Waals surface area contributed by atoms with Crippen molar-refractivity contribution >= 4 is 17.4 Å². The Hall–Kier alpha value is -2.47. The molecule has 3 aromatic rings. The number of halogens is 2. The van der Waals surface area contributed by atoms with E-state index in [1.807, 2.05) is 23.8 Å². The molecule has 25 heavy (non-hydrogen) atoms. The van der Waals surface area contributed by atoms with Crippen LogP contribution in [-0.4, -0.2) is 26.1 Å². The van der Waals surface area contributed by atoms with Crippen LogP contribution in [0.4, 0.5) is 10.2 Å². The fourth-order valence-corrected chi connectivity index (χ4v) is 2.61. The van der Waals surface area contributed by atoms with Gasteiger partial charge in [0.2, 0.25) is 0 Å². The van der Waals surface area contributed by atoms with Gasteiger partial charge < -0.3 is 9.88 Å². The van der Waals surface area contributed by atoms with Gasteiger partial charge in [-0.25, -0.2) is 19.3 Å². The van der Waals surface area contributed by atoms with Gasteiger partial charge in [-0.1, -0.05) is 18.5 Å². The van der Waals surface area contributed by atoms with Crippen molar-refractivity contribution in [3.05, 3.63) is 59.5 Å². The van der Waals surface area contributed by atoms with Crippen LogP contribution in [0.25, 0.3) is 11.4 Å². The molecule has 0 saturated heterocycles. The van der Waals surface area contributed by atoms with E-state index in [9.17, 15) is 4.39 Å². The first-order valence-electron chi connectivity index (χ1n) is 8.18. The molecular weight excluding hydrogens is 341 g/mol. The van der Waals surface area contributed by atoms with Gasteiger partial charge in [0.1, 0.15) is 11.6 Å². The number of hydrogen-bond donors (Lipinski definition) is 1. The fourth-order valence-electron chi connectivity index (χ4n) is 2.43. The van der Waals surface area contributed by atoms with Crippen LogP contribution in [0.5, 0.6) is 0 Å². The zero-order valence-electron chi connectivity index (χ0n) is 13.9. The molecule has 0 spiro atoms. The monoisotopic (exact) mass is 359 g/mol. The number of nitrogens with zero attached hydrogens (tertiary/aromatic N) is 4. The molecule has 0 fully saturated rings. The highest BCUT2D eigenvalue weighted by Gasteiger charge is 2.09. The highest BCUT2D eigenvalue weighted by Crippen LogP contribution is 2.24. The number of rotatable bonds is 7. The second kappa shape index (κ2) is 8.07. The Labute approximate surface area is 150 Å². The van der Waals surface area contributed by atoms with Gasteiger partial charge in [0, 0.05) is 42.8 Å². The predicted octanol–water partition coefficient (Wildman–Crippen LogP) is 4.20. The van der Waals surface area contributed by atoms with Crippen LogP contribution < -0.4 is 5.32 Å². The lowest BCUT2D eigenvalue weighted by Gasteiger charge is -2.10. The minimum absolute atomic E-state index is 0.0674. The largest absolute Gasteiger partial charge is 0.370 e. The Morgan fingerprint density at radius 2 is 2.12 bits per heavy atom. The lowest BCUT2D eigenvalue weighted by molar-refractivity contribution is 0.628. The van der Waals surface area contributed by atoms with E-state index in [2.05, 4.69) is 20.3 Å². The molecule has 0 aliphatic rings. The van der Waals surface area contributed by atoms with Gasteiger partial charge >= 0.3 is 0 Å². The smallest absolute Gasteiger partial charge is 0.161 e. The normalized spacial score (nSPS) is 10.8. The maximum atomic E-state index is 13.4. The molecule has 1 aromatic carbocycles. The van der Waals surface area contributed by atoms with Crippen molar-refractivity contribution in [3.63, 3.8) is 0 Å². The summed E-state index contributed by atoms with van der Waals surface area (Å²) in [4.78, 5) is 13.1. The maximum absolute atomic E-state index is 13.4. The van der Waals surface area contributed by atoms with Crippen molar-refractivity contribution in [1.82, 2.24) is 19.5 Å². The molecule has 130 valence electrons. The molecule has 0 saturated carbocycles. The van der Waals surface area contributed by atoms with E-state index in [0.717, 1.165) is 37.4 Å². The highest BCUT2D eigenvalue weighted by molar-refractivity contribution is 6.31. The molecule has 3 rings (SSSR count). The molecule has 2 aromatic heterocycles. The number of aromatic nitrogens is 4. The van der Waals surface area contributed by atoms with Crippen LogP contribution in [0.2, 0.25) is 5.02 Å². The molecule has 7 heteroatoms. The van der Waals surface area contributed by atoms with Crippen molar-refractivity contribution < 1.29 is 4.39 Å². The number of imidazole rings is 1. The third-order valence-electron chi connectivity index (χ3n) is 3.78. The quantitative estimate of drug-likeness (QED) is 0.642. The summed E-state index contributed by atoms with van der Waals surface area (Å²) in [7, 11) is 0. The minimum atomic E-state index is -0.449. The van der Waals surface area contributed by atoms with E-state index in [-0.39, 0.29) is 5.02 Å². The number of hydrogen-bond acceptors (Lipinski definition) is 4. The average molecular weight is 360 g/mol. The van der Waals surface area contributed by atoms with Crippen LogP contribution >= 0.6 is 11.6 Å². The number of nitrogens with one attached hydrogen (secondary N) is 1. The lowest BCUT2D eigenvalue weighted by Crippen LogP contribution is -2.08. The van der Waals surface area contributed by atoms with Crippen molar-refractivity contribution in [2.45, 2.75) is 26.3 Å². The molecule has 0 amide bonds. The maximum Gasteiger partial charge on any atom is 0.161 e. The van der Waals surface area contributed by atoms with E-state index >= 15 is 0 Å². The Morgan fingerprint density at radius 3 is 2.84 bits per heavy atom. The summed E-state index contributed by atoms with van der Waals surface area (Å²) < 4.78 is 15.4. The molecule has 0 unspecified atom stereocenters. The summed E-state index contributed by atoms with van der Waals surface area (Å²) in [6.07, 6.45) is 7.24. The fraction of sp³-hybridized carbons (Fsp3) is 0.278. The third-order valence-corrected chi connectivity index (χ3v) is 4.07. The number of anilines is 1. The summed E-state index contributed by atoms with van der Waals surface area (Å²) >= 11 is 5.87. The Balaban J connectivity index is 1.71. The third kappa shape index (κ3) is 4.54. The van der Waals surface area contributed by atoms with Gasteiger partial charge in [0.25, 0.3) is 0 Å². The van der Waals surface area contributed by atoms with E-state index in [1.165, 1.54) is 6.07 Å². The minimum Gasteiger partial charge on any atom is -0.370 e. The molecule has 0 bridgehead atoms. The molecule has 2 heterocycles. The molecule has 0 aliphatic carbocycles. The molecular formula is C18H19ClFN5. The Morgan fingerprint density at radius 1 is 1.24 bits per heavy atom. The first kappa shape index (κ1) is 17.4. The van der Waals surface area contributed by atoms with Crippen molar-refractivity contribution in [2.24, 2.45) is 0 Å². The van der Waals surface area contributed by atoms with Crippen LogP contribution in [0.15, 0.2) is 43.0 Å². The van der Waals surface area contributed by atoms with Gasteiger partial charge in [0.15, 0.2) is 5.82 Å². The first-order chi connectivity index (χ1) is 12.2. The predicted molar refractivity (Wildman–Crippen MR) is 97.1 cm³/mol. The summed E-state index contributed by atoms with van der Waals surface area (Å²) in [5.74, 6) is 0.848. The van der Waals surface area contributed by atoms with Crippen molar-refractivity contribution in [2.75, 3.05) is 11.9 Å². The van der Waals surface area contributed by atoms with E-state index in [1.54, 1.807) is 24.7 Å². The number of aryl methyl sites for hydroxylation is 2. The van der Waals surface area contributed by atoms with E-state index in [0.29, 0.717) is 11.4 Å². The van der Waals surface area contributed by atoms with Gasteiger partial charge in [-0.15, -0.1) is 0 Å². The van der Waals surface area contributed by atoms with Crippen molar-refractivity contribution in [3.8, 4) is 11.4 Å². The van der Waals surface area contributed by atoms with Crippen LogP contribution in [0, 0.1) is 5.82 Å². The standard InChI is InChI=1S/C18H19ClFN5/c1-2-14-11-17(22-6-3-8-25-9-7-21-12-25)24-18(23-14)13-4-5-16(20)15(19)10-13/h4-5,7,9-12H,2-3,6,8H2,1H3,(H,22,23,24). The summed E-state index contributed by atoms with van der Waals surface area (Å²) in [6.45, 7) is 3.70. The molecule has 5 nitrogen and oxygen atoms in total. The summed E-state index contributed by atoms with van der Waals surface area (Å²) in [5.41, 5.74) is 1.62. The van der Waals surface area contributed by atoms with Gasteiger partial charge in [-0.3, -0.25) is 0 Å². The average Bonchev–Trinajstić information content (AvgIpc) is 3.14. The Kier molecular flexibility index (Phi) is 5.60. The molecule has 0 atom stereocenters. The van der Waals surface area contributed by atoms with Crippen LogP contribution in [0.3, 0.4) is 0 Å². The topological polar surface area (TPSA) is 55.6 Å². The van der Waals surface area contributed by atoms with Crippen molar-refractivity contribution in [1.29, 1.82) is 0 Å². The van der Waals surface area contributed by atoms with E-state index in [4.69, 9.17) is 11.6 Å². The Bertz CT molecular complexity index is 835. The number of benzene rings is 1. The second-order valence-electron chi connectivity index (χ2n) is 5.63. The second-order valence-corrected chi connectivity index (χ2v) is 6.04. The van der Waals surface area contributed by atoms with Gasteiger partial charge in [-0.2, -0.15) is 0 Å². The van der Waals surface area contributed by atoms with E-state index < -0.39 is 5.82 Å². The summed E-state index contributed by atoms with van der Waals surface area (Å²) in [5, 5.41) is 3.39.